The molecule has 2 heterocycles. The zero-order valence-corrected chi connectivity index (χ0v) is 16.1. The SMILES string of the molecule is CCc1cc(C(=O)c2ccc(C(F)(F)F)nc2)c(NC(=O)CSCC(=O)O)s1. The Hall–Kier alpha value is -2.40. The number of alkyl halides is 3. The van der Waals surface area contributed by atoms with E-state index in [9.17, 15) is 27.6 Å². The number of thiophene rings is 1. The first-order valence-electron chi connectivity index (χ1n) is 7.91. The first-order chi connectivity index (χ1) is 13.1. The highest BCUT2D eigenvalue weighted by atomic mass is 32.2. The molecule has 1 amide bonds. The Morgan fingerprint density at radius 3 is 2.50 bits per heavy atom. The van der Waals surface area contributed by atoms with Crippen LogP contribution in [0.15, 0.2) is 24.4 Å². The Morgan fingerprint density at radius 1 is 1.25 bits per heavy atom. The quantitative estimate of drug-likeness (QED) is 0.618. The number of halogens is 3. The lowest BCUT2D eigenvalue weighted by molar-refractivity contribution is -0.141. The van der Waals surface area contributed by atoms with Gasteiger partial charge in [0.2, 0.25) is 5.91 Å². The normalized spacial score (nSPS) is 11.3. The van der Waals surface area contributed by atoms with Crippen molar-refractivity contribution < 1.29 is 32.7 Å². The summed E-state index contributed by atoms with van der Waals surface area (Å²) in [6.45, 7) is 1.86. The van der Waals surface area contributed by atoms with E-state index >= 15 is 0 Å². The van der Waals surface area contributed by atoms with Crippen LogP contribution >= 0.6 is 23.1 Å². The van der Waals surface area contributed by atoms with Gasteiger partial charge in [-0.2, -0.15) is 13.2 Å². The average molecular weight is 432 g/mol. The second-order valence-corrected chi connectivity index (χ2v) is 7.63. The van der Waals surface area contributed by atoms with Crippen molar-refractivity contribution in [2.75, 3.05) is 16.8 Å². The molecule has 6 nitrogen and oxygen atoms in total. The van der Waals surface area contributed by atoms with E-state index in [1.807, 2.05) is 6.92 Å². The largest absolute Gasteiger partial charge is 0.481 e. The van der Waals surface area contributed by atoms with Gasteiger partial charge in [-0.3, -0.25) is 19.4 Å². The molecular formula is C17H15F3N2O4S2. The number of thioether (sulfide) groups is 1. The summed E-state index contributed by atoms with van der Waals surface area (Å²) in [4.78, 5) is 39.3. The number of carbonyl (C=O) groups excluding carboxylic acids is 2. The van der Waals surface area contributed by atoms with Crippen molar-refractivity contribution in [3.05, 3.63) is 46.1 Å². The van der Waals surface area contributed by atoms with Gasteiger partial charge in [-0.15, -0.1) is 23.1 Å². The molecule has 2 N–H and O–H groups in total. The average Bonchev–Trinajstić information content (AvgIpc) is 3.03. The minimum atomic E-state index is -4.61. The first-order valence-corrected chi connectivity index (χ1v) is 9.89. The van der Waals surface area contributed by atoms with Gasteiger partial charge in [0, 0.05) is 16.6 Å². The van der Waals surface area contributed by atoms with Crippen LogP contribution in [-0.4, -0.2) is 39.3 Å². The summed E-state index contributed by atoms with van der Waals surface area (Å²) in [6.07, 6.45) is -3.16. The number of aliphatic carboxylic acids is 1. The van der Waals surface area contributed by atoms with Crippen molar-refractivity contribution in [3.63, 3.8) is 0 Å². The van der Waals surface area contributed by atoms with Crippen LogP contribution in [0.1, 0.15) is 33.4 Å². The van der Waals surface area contributed by atoms with Crippen LogP contribution in [0, 0.1) is 0 Å². The van der Waals surface area contributed by atoms with Crippen LogP contribution in [0.25, 0.3) is 0 Å². The number of pyridine rings is 1. The lowest BCUT2D eigenvalue weighted by Gasteiger charge is -2.07. The fraction of sp³-hybridized carbons (Fsp3) is 0.294. The number of carboxylic acids is 1. The monoisotopic (exact) mass is 432 g/mol. The molecule has 0 atom stereocenters. The third-order valence-electron chi connectivity index (χ3n) is 3.40. The Kier molecular flexibility index (Phi) is 7.19. The van der Waals surface area contributed by atoms with Gasteiger partial charge in [0.1, 0.15) is 10.7 Å². The number of hydrogen-bond acceptors (Lipinski definition) is 6. The van der Waals surface area contributed by atoms with E-state index in [4.69, 9.17) is 5.11 Å². The van der Waals surface area contributed by atoms with Gasteiger partial charge in [-0.05, 0) is 24.6 Å². The molecule has 0 aliphatic rings. The predicted molar refractivity (Wildman–Crippen MR) is 100.0 cm³/mol. The molecule has 0 unspecified atom stereocenters. The molecule has 28 heavy (non-hydrogen) atoms. The third kappa shape index (κ3) is 5.80. The number of amides is 1. The Bertz CT molecular complexity index is 880. The Morgan fingerprint density at radius 2 is 1.96 bits per heavy atom. The number of aromatic nitrogens is 1. The fourth-order valence-corrected chi connectivity index (χ4v) is 3.67. The maximum absolute atomic E-state index is 12.7. The highest BCUT2D eigenvalue weighted by molar-refractivity contribution is 8.00. The van der Waals surface area contributed by atoms with Gasteiger partial charge in [-0.25, -0.2) is 0 Å². The van der Waals surface area contributed by atoms with Crippen LogP contribution in [0.5, 0.6) is 0 Å². The van der Waals surface area contributed by atoms with Crippen LogP contribution < -0.4 is 5.32 Å². The number of nitrogens with one attached hydrogen (secondary N) is 1. The minimum Gasteiger partial charge on any atom is -0.481 e. The summed E-state index contributed by atoms with van der Waals surface area (Å²) in [6, 6.07) is 3.33. The predicted octanol–water partition coefficient (Wildman–Crippen LogP) is 3.71. The summed E-state index contributed by atoms with van der Waals surface area (Å²) < 4.78 is 37.9. The van der Waals surface area contributed by atoms with Gasteiger partial charge in [0.05, 0.1) is 17.1 Å². The molecule has 0 radical (unpaired) electrons. The van der Waals surface area contributed by atoms with Crippen molar-refractivity contribution in [2.24, 2.45) is 0 Å². The molecule has 2 aromatic heterocycles. The molecule has 2 aromatic rings. The standard InChI is InChI=1S/C17H15F3N2O4S2/c1-2-10-5-11(16(28-10)22-13(23)7-27-8-14(24)25)15(26)9-3-4-12(21-6-9)17(18,19)20/h3-6H,2,7-8H2,1H3,(H,22,23)(H,24,25). The fourth-order valence-electron chi connectivity index (χ4n) is 2.12. The van der Waals surface area contributed by atoms with Crippen molar-refractivity contribution in [1.29, 1.82) is 0 Å². The number of carbonyl (C=O) groups is 3. The summed E-state index contributed by atoms with van der Waals surface area (Å²) in [5.74, 6) is -2.43. The van der Waals surface area contributed by atoms with Gasteiger partial charge in [0.15, 0.2) is 5.78 Å². The maximum Gasteiger partial charge on any atom is 0.433 e. The van der Waals surface area contributed by atoms with E-state index in [0.717, 1.165) is 35.0 Å². The number of carboxylic acid groups (broad SMARTS) is 1. The van der Waals surface area contributed by atoms with Crippen molar-refractivity contribution in [1.82, 2.24) is 4.98 Å². The summed E-state index contributed by atoms with van der Waals surface area (Å²) in [5.41, 5.74) is -0.989. The number of ketones is 1. The van der Waals surface area contributed by atoms with Gasteiger partial charge >= 0.3 is 12.1 Å². The molecule has 0 aliphatic heterocycles. The highest BCUT2D eigenvalue weighted by Gasteiger charge is 2.32. The lowest BCUT2D eigenvalue weighted by atomic mass is 10.1. The van der Waals surface area contributed by atoms with Crippen molar-refractivity contribution in [2.45, 2.75) is 19.5 Å². The Balaban J connectivity index is 2.20. The summed E-state index contributed by atoms with van der Waals surface area (Å²) in [7, 11) is 0. The zero-order chi connectivity index (χ0) is 20.9. The van der Waals surface area contributed by atoms with Crippen LogP contribution in [0.4, 0.5) is 18.2 Å². The number of nitrogens with zero attached hydrogens (tertiary/aromatic N) is 1. The number of hydrogen-bond donors (Lipinski definition) is 2. The highest BCUT2D eigenvalue weighted by Crippen LogP contribution is 2.32. The Labute approximate surface area is 166 Å². The van der Waals surface area contributed by atoms with Gasteiger partial charge in [0.25, 0.3) is 0 Å². The van der Waals surface area contributed by atoms with Crippen LogP contribution in [0.2, 0.25) is 0 Å². The summed E-state index contributed by atoms with van der Waals surface area (Å²) >= 11 is 2.09. The van der Waals surface area contributed by atoms with Gasteiger partial charge < -0.3 is 10.4 Å². The molecule has 0 aromatic carbocycles. The second-order valence-electron chi connectivity index (χ2n) is 5.50. The molecule has 2 rings (SSSR count). The van der Waals surface area contributed by atoms with Crippen LogP contribution in [-0.2, 0) is 22.2 Å². The molecule has 11 heteroatoms. The van der Waals surface area contributed by atoms with E-state index < -0.39 is 29.5 Å². The van der Waals surface area contributed by atoms with Crippen molar-refractivity contribution >= 4 is 45.8 Å². The summed E-state index contributed by atoms with van der Waals surface area (Å²) in [5, 5.41) is 11.4. The van der Waals surface area contributed by atoms with E-state index in [-0.39, 0.29) is 27.6 Å². The number of anilines is 1. The molecule has 0 fully saturated rings. The van der Waals surface area contributed by atoms with Gasteiger partial charge in [-0.1, -0.05) is 6.92 Å². The molecule has 0 bridgehead atoms. The van der Waals surface area contributed by atoms with E-state index in [2.05, 4.69) is 10.3 Å². The first kappa shape index (κ1) is 21.9. The molecule has 0 aliphatic carbocycles. The molecule has 0 spiro atoms. The third-order valence-corrected chi connectivity index (χ3v) is 5.52. The molecule has 0 saturated heterocycles. The second kappa shape index (κ2) is 9.20. The lowest BCUT2D eigenvalue weighted by Crippen LogP contribution is -2.16. The van der Waals surface area contributed by atoms with E-state index in [1.165, 1.54) is 11.3 Å². The van der Waals surface area contributed by atoms with Crippen molar-refractivity contribution in [3.8, 4) is 0 Å². The zero-order valence-electron chi connectivity index (χ0n) is 14.5. The smallest absolute Gasteiger partial charge is 0.433 e. The minimum absolute atomic E-state index is 0.0378. The van der Waals surface area contributed by atoms with E-state index in [1.54, 1.807) is 6.07 Å². The maximum atomic E-state index is 12.7. The molecule has 150 valence electrons. The van der Waals surface area contributed by atoms with E-state index in [0.29, 0.717) is 6.42 Å². The number of rotatable bonds is 8. The topological polar surface area (TPSA) is 96.4 Å². The molecular weight excluding hydrogens is 417 g/mol. The number of aryl methyl sites for hydroxylation is 1. The van der Waals surface area contributed by atoms with Crippen LogP contribution in [0.3, 0.4) is 0 Å². The molecule has 0 saturated carbocycles.